The number of ether oxygens (including phenoxy) is 1. The minimum atomic E-state index is -0.413. The third-order valence-corrected chi connectivity index (χ3v) is 3.85. The van der Waals surface area contributed by atoms with Gasteiger partial charge in [0.15, 0.2) is 0 Å². The summed E-state index contributed by atoms with van der Waals surface area (Å²) in [5.74, 6) is -0.582. The van der Waals surface area contributed by atoms with Crippen molar-refractivity contribution in [2.45, 2.75) is 13.3 Å². The molecule has 19 heavy (non-hydrogen) atoms. The Balaban J connectivity index is 2.98. The van der Waals surface area contributed by atoms with E-state index in [1.54, 1.807) is 6.07 Å². The summed E-state index contributed by atoms with van der Waals surface area (Å²) >= 11 is 5.52. The van der Waals surface area contributed by atoms with Crippen molar-refractivity contribution in [3.8, 4) is 0 Å². The summed E-state index contributed by atoms with van der Waals surface area (Å²) in [6.07, 6.45) is 0.782. The fraction of sp³-hybridized carbons (Fsp3) is 0.385. The molecule has 0 fully saturated rings. The summed E-state index contributed by atoms with van der Waals surface area (Å²) in [7, 11) is 1.32. The van der Waals surface area contributed by atoms with Crippen LogP contribution in [0.25, 0.3) is 0 Å². The van der Waals surface area contributed by atoms with Crippen LogP contribution in [-0.4, -0.2) is 37.0 Å². The summed E-state index contributed by atoms with van der Waals surface area (Å²) < 4.78 is 6.32. The SMILES string of the molecule is CCCN(CC(=O)OC)C(=O)c1cc(I)ccc1Br. The highest BCUT2D eigenvalue weighted by Gasteiger charge is 2.20. The van der Waals surface area contributed by atoms with Gasteiger partial charge in [0.05, 0.1) is 12.7 Å². The van der Waals surface area contributed by atoms with E-state index in [2.05, 4.69) is 43.3 Å². The summed E-state index contributed by atoms with van der Waals surface area (Å²) in [6, 6.07) is 5.54. The van der Waals surface area contributed by atoms with Gasteiger partial charge in [-0.1, -0.05) is 6.92 Å². The number of hydrogen-bond donors (Lipinski definition) is 0. The molecule has 104 valence electrons. The van der Waals surface area contributed by atoms with E-state index in [4.69, 9.17) is 0 Å². The molecule has 4 nitrogen and oxygen atoms in total. The number of carbonyl (C=O) groups excluding carboxylic acids is 2. The van der Waals surface area contributed by atoms with Crippen LogP contribution in [0.5, 0.6) is 0 Å². The van der Waals surface area contributed by atoms with Crippen LogP contribution in [-0.2, 0) is 9.53 Å². The van der Waals surface area contributed by atoms with E-state index in [1.807, 2.05) is 19.1 Å². The van der Waals surface area contributed by atoms with Crippen molar-refractivity contribution in [2.24, 2.45) is 0 Å². The molecule has 0 saturated heterocycles. The van der Waals surface area contributed by atoms with Crippen molar-refractivity contribution < 1.29 is 14.3 Å². The monoisotopic (exact) mass is 439 g/mol. The van der Waals surface area contributed by atoms with Gasteiger partial charge in [-0.2, -0.15) is 0 Å². The van der Waals surface area contributed by atoms with Crippen LogP contribution in [0.2, 0.25) is 0 Å². The minimum absolute atomic E-state index is 0.0267. The minimum Gasteiger partial charge on any atom is -0.468 e. The van der Waals surface area contributed by atoms with E-state index >= 15 is 0 Å². The predicted molar refractivity (Wildman–Crippen MR) is 85.1 cm³/mol. The number of halogens is 2. The molecular formula is C13H15BrINO3. The molecule has 0 spiro atoms. The second-order valence-corrected chi connectivity index (χ2v) is 6.03. The van der Waals surface area contributed by atoms with Gasteiger partial charge in [-0.15, -0.1) is 0 Å². The maximum atomic E-state index is 12.4. The average Bonchev–Trinajstić information content (AvgIpc) is 2.40. The van der Waals surface area contributed by atoms with Crippen molar-refractivity contribution >= 4 is 50.4 Å². The highest BCUT2D eigenvalue weighted by Crippen LogP contribution is 2.21. The second-order valence-electron chi connectivity index (χ2n) is 3.93. The normalized spacial score (nSPS) is 10.1. The highest BCUT2D eigenvalue weighted by atomic mass is 127. The Morgan fingerprint density at radius 3 is 2.68 bits per heavy atom. The number of hydrogen-bond acceptors (Lipinski definition) is 3. The van der Waals surface area contributed by atoms with Crippen molar-refractivity contribution in [1.82, 2.24) is 4.90 Å². The fourth-order valence-electron chi connectivity index (χ4n) is 1.57. The van der Waals surface area contributed by atoms with E-state index in [-0.39, 0.29) is 12.5 Å². The number of amides is 1. The smallest absolute Gasteiger partial charge is 0.325 e. The molecule has 0 N–H and O–H groups in total. The fourth-order valence-corrected chi connectivity index (χ4v) is 2.48. The van der Waals surface area contributed by atoms with E-state index in [0.29, 0.717) is 12.1 Å². The zero-order valence-electron chi connectivity index (χ0n) is 10.8. The van der Waals surface area contributed by atoms with E-state index in [0.717, 1.165) is 14.5 Å². The molecule has 0 aliphatic rings. The Morgan fingerprint density at radius 2 is 2.11 bits per heavy atom. The molecule has 0 heterocycles. The first-order valence-corrected chi connectivity index (χ1v) is 7.68. The molecule has 1 aromatic rings. The van der Waals surface area contributed by atoms with Crippen molar-refractivity contribution in [3.05, 3.63) is 31.8 Å². The molecule has 1 amide bonds. The topological polar surface area (TPSA) is 46.6 Å². The Kier molecular flexibility index (Phi) is 6.78. The highest BCUT2D eigenvalue weighted by molar-refractivity contribution is 14.1. The Morgan fingerprint density at radius 1 is 1.42 bits per heavy atom. The number of rotatable bonds is 5. The third kappa shape index (κ3) is 4.76. The lowest BCUT2D eigenvalue weighted by atomic mass is 10.2. The Labute approximate surface area is 134 Å². The second kappa shape index (κ2) is 7.84. The van der Waals surface area contributed by atoms with Gasteiger partial charge < -0.3 is 9.64 Å². The standard InChI is InChI=1S/C13H15BrINO3/c1-3-6-16(8-12(17)19-2)13(18)10-7-9(15)4-5-11(10)14/h4-5,7H,3,6,8H2,1-2H3. The number of benzene rings is 1. The van der Waals surface area contributed by atoms with Gasteiger partial charge in [-0.25, -0.2) is 0 Å². The molecule has 0 atom stereocenters. The summed E-state index contributed by atoms with van der Waals surface area (Å²) in [5.41, 5.74) is 0.559. The first kappa shape index (κ1) is 16.4. The summed E-state index contributed by atoms with van der Waals surface area (Å²) in [6.45, 7) is 2.45. The number of carbonyl (C=O) groups is 2. The van der Waals surface area contributed by atoms with Crippen LogP contribution in [0.15, 0.2) is 22.7 Å². The van der Waals surface area contributed by atoms with Gasteiger partial charge in [0, 0.05) is 14.6 Å². The molecule has 0 saturated carbocycles. The van der Waals surface area contributed by atoms with Crippen molar-refractivity contribution in [1.29, 1.82) is 0 Å². The van der Waals surface area contributed by atoms with Crippen LogP contribution in [0.3, 0.4) is 0 Å². The van der Waals surface area contributed by atoms with E-state index in [9.17, 15) is 9.59 Å². The molecular weight excluding hydrogens is 425 g/mol. The van der Waals surface area contributed by atoms with Crippen LogP contribution in [0.1, 0.15) is 23.7 Å². The van der Waals surface area contributed by atoms with Gasteiger partial charge >= 0.3 is 5.97 Å². The zero-order chi connectivity index (χ0) is 14.4. The molecule has 1 rings (SSSR count). The van der Waals surface area contributed by atoms with Gasteiger partial charge in [-0.3, -0.25) is 9.59 Å². The molecule has 6 heteroatoms. The molecule has 0 aliphatic heterocycles. The molecule has 0 aliphatic carbocycles. The molecule has 0 aromatic heterocycles. The lowest BCUT2D eigenvalue weighted by molar-refractivity contribution is -0.141. The predicted octanol–water partition coefficient (Wildman–Crippen LogP) is 3.08. The lowest BCUT2D eigenvalue weighted by Crippen LogP contribution is -2.37. The number of methoxy groups -OCH3 is 1. The van der Waals surface area contributed by atoms with Gasteiger partial charge in [0.25, 0.3) is 5.91 Å². The third-order valence-electron chi connectivity index (χ3n) is 2.49. The first-order chi connectivity index (χ1) is 8.99. The maximum absolute atomic E-state index is 12.4. The van der Waals surface area contributed by atoms with Gasteiger partial charge in [-0.05, 0) is 63.1 Å². The summed E-state index contributed by atoms with van der Waals surface area (Å²) in [4.78, 5) is 25.3. The maximum Gasteiger partial charge on any atom is 0.325 e. The Bertz CT molecular complexity index is 479. The van der Waals surface area contributed by atoms with Crippen LogP contribution in [0, 0.1) is 3.57 Å². The molecule has 1 aromatic carbocycles. The van der Waals surface area contributed by atoms with Crippen LogP contribution in [0.4, 0.5) is 0 Å². The van der Waals surface area contributed by atoms with Gasteiger partial charge in [0.2, 0.25) is 0 Å². The largest absolute Gasteiger partial charge is 0.468 e. The van der Waals surface area contributed by atoms with Crippen molar-refractivity contribution in [3.63, 3.8) is 0 Å². The average molecular weight is 440 g/mol. The zero-order valence-corrected chi connectivity index (χ0v) is 14.5. The van der Waals surface area contributed by atoms with E-state index < -0.39 is 5.97 Å². The van der Waals surface area contributed by atoms with E-state index in [1.165, 1.54) is 12.0 Å². The number of esters is 1. The quantitative estimate of drug-likeness (QED) is 0.523. The first-order valence-electron chi connectivity index (χ1n) is 5.80. The molecule has 0 radical (unpaired) electrons. The summed E-state index contributed by atoms with van der Waals surface area (Å²) in [5, 5.41) is 0. The molecule has 0 bridgehead atoms. The number of nitrogens with zero attached hydrogens (tertiary/aromatic N) is 1. The van der Waals surface area contributed by atoms with Gasteiger partial charge in [0.1, 0.15) is 6.54 Å². The Hall–Kier alpha value is -0.630. The van der Waals surface area contributed by atoms with Crippen molar-refractivity contribution in [2.75, 3.05) is 20.2 Å². The molecule has 0 unspecified atom stereocenters. The van der Waals surface area contributed by atoms with Crippen LogP contribution >= 0.6 is 38.5 Å². The van der Waals surface area contributed by atoms with Crippen LogP contribution < -0.4 is 0 Å². The lowest BCUT2D eigenvalue weighted by Gasteiger charge is -2.21.